The van der Waals surface area contributed by atoms with Crippen LogP contribution in [0.2, 0.25) is 0 Å². The molecular weight excluding hydrogens is 339 g/mol. The van der Waals surface area contributed by atoms with E-state index in [4.69, 9.17) is 5.26 Å². The molecule has 1 atom stereocenters. The maximum absolute atomic E-state index is 12.2. The summed E-state index contributed by atoms with van der Waals surface area (Å²) in [6.07, 6.45) is 1.58. The summed E-state index contributed by atoms with van der Waals surface area (Å²) in [6, 6.07) is 14.4. The van der Waals surface area contributed by atoms with Crippen molar-refractivity contribution in [2.45, 2.75) is 5.92 Å². The third-order valence-electron chi connectivity index (χ3n) is 2.50. The van der Waals surface area contributed by atoms with Gasteiger partial charge in [-0.1, -0.05) is 18.2 Å². The maximum Gasteiger partial charge on any atom is 0.186 e. The lowest BCUT2D eigenvalue weighted by molar-refractivity contribution is 0.0977. The van der Waals surface area contributed by atoms with E-state index in [1.54, 1.807) is 36.5 Å². The third-order valence-corrected chi connectivity index (χ3v) is 3.22. The number of hydrogen-bond donors (Lipinski definition) is 0. The molecule has 4 heteroatoms. The number of carbonyl (C=O) groups excluding carboxylic acids is 1. The Morgan fingerprint density at radius 2 is 1.94 bits per heavy atom. The van der Waals surface area contributed by atoms with E-state index in [1.165, 1.54) is 0 Å². The lowest BCUT2D eigenvalue weighted by Crippen LogP contribution is -2.12. The summed E-state index contributed by atoms with van der Waals surface area (Å²) in [5.41, 5.74) is 1.02. The normalized spacial score (nSPS) is 11.6. The van der Waals surface area contributed by atoms with Gasteiger partial charge in [0.15, 0.2) is 11.7 Å². The van der Waals surface area contributed by atoms with Crippen molar-refractivity contribution in [3.8, 4) is 6.07 Å². The number of halogens is 1. The van der Waals surface area contributed by atoms with E-state index in [0.717, 1.165) is 3.57 Å². The number of hydrogen-bond acceptors (Lipinski definition) is 3. The highest BCUT2D eigenvalue weighted by molar-refractivity contribution is 14.1. The Morgan fingerprint density at radius 1 is 1.22 bits per heavy atom. The quantitative estimate of drug-likeness (QED) is 0.632. The molecule has 0 saturated heterocycles. The van der Waals surface area contributed by atoms with Crippen molar-refractivity contribution in [1.29, 1.82) is 5.26 Å². The summed E-state index contributed by atoms with van der Waals surface area (Å²) in [6.45, 7) is 0. The first-order valence-electron chi connectivity index (χ1n) is 5.32. The molecular formula is C14H9IN2O. The number of Topliss-reactive ketones (excluding diaryl/α,β-unsaturated/α-hetero) is 1. The molecule has 0 fully saturated rings. The molecule has 0 aliphatic carbocycles. The zero-order valence-corrected chi connectivity index (χ0v) is 11.5. The monoisotopic (exact) mass is 348 g/mol. The highest BCUT2D eigenvalue weighted by Crippen LogP contribution is 2.19. The van der Waals surface area contributed by atoms with Crippen LogP contribution < -0.4 is 0 Å². The second-order valence-electron chi connectivity index (χ2n) is 3.69. The summed E-state index contributed by atoms with van der Waals surface area (Å²) in [4.78, 5) is 16.3. The Hall–Kier alpha value is -1.74. The smallest absolute Gasteiger partial charge is 0.186 e. The molecule has 0 aliphatic heterocycles. The molecule has 0 bridgehead atoms. The van der Waals surface area contributed by atoms with E-state index in [9.17, 15) is 4.79 Å². The summed E-state index contributed by atoms with van der Waals surface area (Å²) in [7, 11) is 0. The van der Waals surface area contributed by atoms with Gasteiger partial charge in [-0.3, -0.25) is 9.78 Å². The molecule has 0 radical (unpaired) electrons. The van der Waals surface area contributed by atoms with E-state index < -0.39 is 5.92 Å². The molecule has 1 aromatic heterocycles. The van der Waals surface area contributed by atoms with Crippen molar-refractivity contribution in [2.24, 2.45) is 0 Å². The highest BCUT2D eigenvalue weighted by Gasteiger charge is 2.22. The molecule has 18 heavy (non-hydrogen) atoms. The largest absolute Gasteiger partial charge is 0.292 e. The van der Waals surface area contributed by atoms with Gasteiger partial charge in [-0.15, -0.1) is 0 Å². The van der Waals surface area contributed by atoms with E-state index >= 15 is 0 Å². The van der Waals surface area contributed by atoms with E-state index in [0.29, 0.717) is 11.3 Å². The minimum absolute atomic E-state index is 0.215. The van der Waals surface area contributed by atoms with Crippen molar-refractivity contribution in [3.05, 3.63) is 63.5 Å². The van der Waals surface area contributed by atoms with Gasteiger partial charge in [-0.05, 0) is 46.9 Å². The first-order valence-corrected chi connectivity index (χ1v) is 6.40. The van der Waals surface area contributed by atoms with Gasteiger partial charge < -0.3 is 0 Å². The summed E-state index contributed by atoms with van der Waals surface area (Å²) in [5, 5.41) is 9.15. The molecule has 88 valence electrons. The Labute approximate surface area is 119 Å². The molecule has 0 spiro atoms. The zero-order valence-electron chi connectivity index (χ0n) is 9.38. The van der Waals surface area contributed by atoms with E-state index in [-0.39, 0.29) is 5.78 Å². The van der Waals surface area contributed by atoms with Crippen LogP contribution in [0.25, 0.3) is 0 Å². The van der Waals surface area contributed by atoms with Crippen LogP contribution in [0.15, 0.2) is 48.7 Å². The SMILES string of the molecule is N#C[C@H](C(=O)c1ccc(I)cc1)c1ccccn1. The molecule has 0 saturated carbocycles. The molecule has 0 N–H and O–H groups in total. The number of aromatic nitrogens is 1. The summed E-state index contributed by atoms with van der Waals surface area (Å²) in [5.74, 6) is -1.06. The molecule has 2 rings (SSSR count). The maximum atomic E-state index is 12.2. The second kappa shape index (κ2) is 5.74. The van der Waals surface area contributed by atoms with Crippen LogP contribution in [0.4, 0.5) is 0 Å². The van der Waals surface area contributed by atoms with Gasteiger partial charge in [-0.2, -0.15) is 5.26 Å². The van der Waals surface area contributed by atoms with Crippen LogP contribution in [0, 0.1) is 14.9 Å². The number of benzene rings is 1. The predicted molar refractivity (Wildman–Crippen MR) is 76.1 cm³/mol. The van der Waals surface area contributed by atoms with Gasteiger partial charge in [-0.25, -0.2) is 0 Å². The van der Waals surface area contributed by atoms with Crippen LogP contribution in [-0.4, -0.2) is 10.8 Å². The summed E-state index contributed by atoms with van der Waals surface area (Å²) < 4.78 is 1.05. The summed E-state index contributed by atoms with van der Waals surface area (Å²) >= 11 is 2.17. The topological polar surface area (TPSA) is 53.8 Å². The van der Waals surface area contributed by atoms with Crippen molar-refractivity contribution in [2.75, 3.05) is 0 Å². The van der Waals surface area contributed by atoms with Crippen molar-refractivity contribution < 1.29 is 4.79 Å². The molecule has 0 unspecified atom stereocenters. The van der Waals surface area contributed by atoms with Crippen molar-refractivity contribution in [1.82, 2.24) is 4.98 Å². The number of nitriles is 1. The average molecular weight is 348 g/mol. The molecule has 1 heterocycles. The molecule has 3 nitrogen and oxygen atoms in total. The minimum Gasteiger partial charge on any atom is -0.292 e. The van der Waals surface area contributed by atoms with Gasteiger partial charge in [0.25, 0.3) is 0 Å². The van der Waals surface area contributed by atoms with E-state index in [1.807, 2.05) is 18.2 Å². The Balaban J connectivity index is 2.32. The predicted octanol–water partition coefficient (Wildman–Crippen LogP) is 3.18. The van der Waals surface area contributed by atoms with Gasteiger partial charge in [0.2, 0.25) is 0 Å². The number of nitrogens with zero attached hydrogens (tertiary/aromatic N) is 2. The molecule has 0 aliphatic rings. The van der Waals surface area contributed by atoms with Crippen molar-refractivity contribution >= 4 is 28.4 Å². The van der Waals surface area contributed by atoms with Crippen LogP contribution in [0.3, 0.4) is 0 Å². The molecule has 0 amide bonds. The Bertz CT molecular complexity index is 587. The second-order valence-corrected chi connectivity index (χ2v) is 4.93. The lowest BCUT2D eigenvalue weighted by atomic mass is 9.95. The Kier molecular flexibility index (Phi) is 4.05. The lowest BCUT2D eigenvalue weighted by Gasteiger charge is -2.07. The van der Waals surface area contributed by atoms with Crippen LogP contribution >= 0.6 is 22.6 Å². The third kappa shape index (κ3) is 2.74. The fourth-order valence-electron chi connectivity index (χ4n) is 1.59. The number of rotatable bonds is 3. The highest BCUT2D eigenvalue weighted by atomic mass is 127. The molecule has 1 aromatic carbocycles. The fraction of sp³-hybridized carbons (Fsp3) is 0.0714. The first-order chi connectivity index (χ1) is 8.72. The average Bonchev–Trinajstić information content (AvgIpc) is 2.41. The van der Waals surface area contributed by atoms with Gasteiger partial charge >= 0.3 is 0 Å². The van der Waals surface area contributed by atoms with Crippen LogP contribution in [0.5, 0.6) is 0 Å². The minimum atomic E-state index is -0.841. The van der Waals surface area contributed by atoms with Crippen LogP contribution in [0.1, 0.15) is 22.0 Å². The van der Waals surface area contributed by atoms with Gasteiger partial charge in [0, 0.05) is 15.3 Å². The fourth-order valence-corrected chi connectivity index (χ4v) is 1.95. The standard InChI is InChI=1S/C14H9IN2O/c15-11-6-4-10(5-7-11)14(18)12(9-16)13-3-1-2-8-17-13/h1-8,12H/t12-/m0/s1. The Morgan fingerprint density at radius 3 is 2.50 bits per heavy atom. The zero-order chi connectivity index (χ0) is 13.0. The number of pyridine rings is 1. The van der Waals surface area contributed by atoms with Gasteiger partial charge in [0.05, 0.1) is 11.8 Å². The van der Waals surface area contributed by atoms with E-state index in [2.05, 4.69) is 27.6 Å². The van der Waals surface area contributed by atoms with Crippen LogP contribution in [-0.2, 0) is 0 Å². The molecule has 2 aromatic rings. The number of carbonyl (C=O) groups is 1. The number of ketones is 1. The van der Waals surface area contributed by atoms with Crippen molar-refractivity contribution in [3.63, 3.8) is 0 Å². The first kappa shape index (κ1) is 12.7. The van der Waals surface area contributed by atoms with Gasteiger partial charge in [0.1, 0.15) is 0 Å².